The summed E-state index contributed by atoms with van der Waals surface area (Å²) < 4.78 is 28.2. The number of rotatable bonds is 7. The van der Waals surface area contributed by atoms with Crippen LogP contribution in [0.25, 0.3) is 0 Å². The highest BCUT2D eigenvalue weighted by Crippen LogP contribution is 2.15. The number of carbonyl (C=O) groups is 1. The second-order valence-electron chi connectivity index (χ2n) is 3.62. The van der Waals surface area contributed by atoms with Gasteiger partial charge in [0, 0.05) is 12.1 Å². The Morgan fingerprint density at radius 2 is 2.17 bits per heavy atom. The molecule has 0 saturated carbocycles. The summed E-state index contributed by atoms with van der Waals surface area (Å²) in [6, 6.07) is 5.72. The fourth-order valence-corrected chi connectivity index (χ4v) is 1.38. The molecule has 4 nitrogen and oxygen atoms in total. The second-order valence-corrected chi connectivity index (χ2v) is 3.62. The summed E-state index contributed by atoms with van der Waals surface area (Å²) in [6.45, 7) is -1.56. The molecule has 0 aliphatic heterocycles. The maximum atomic E-state index is 12.0. The Morgan fingerprint density at radius 3 is 2.83 bits per heavy atom. The minimum absolute atomic E-state index is 0.0205. The van der Waals surface area contributed by atoms with Crippen LogP contribution in [-0.4, -0.2) is 32.7 Å². The third-order valence-electron chi connectivity index (χ3n) is 2.21. The van der Waals surface area contributed by atoms with E-state index >= 15 is 0 Å². The second kappa shape index (κ2) is 7.60. The number of hydrogen-bond acceptors (Lipinski definition) is 3. The Hall–Kier alpha value is -1.69. The average Bonchev–Trinajstić information content (AvgIpc) is 2.34. The number of hydrogen-bond donors (Lipinski definition) is 2. The Bertz CT molecular complexity index is 386. The topological polar surface area (TPSA) is 50.4 Å². The Balaban J connectivity index is 2.51. The third-order valence-corrected chi connectivity index (χ3v) is 2.21. The van der Waals surface area contributed by atoms with Crippen LogP contribution < -0.4 is 15.4 Å². The number of benzene rings is 1. The Morgan fingerprint density at radius 1 is 1.39 bits per heavy atom. The number of alkyl halides is 2. The molecule has 1 aromatic rings. The lowest BCUT2D eigenvalue weighted by atomic mass is 10.2. The molecular weight excluding hydrogens is 242 g/mol. The summed E-state index contributed by atoms with van der Waals surface area (Å²) in [5, 5.41) is 5.65. The predicted octanol–water partition coefficient (Wildman–Crippen LogP) is 1.63. The number of amides is 1. The molecule has 0 radical (unpaired) electrons. The van der Waals surface area contributed by atoms with Crippen LogP contribution in [-0.2, 0) is 0 Å². The van der Waals surface area contributed by atoms with Gasteiger partial charge in [-0.05, 0) is 38.2 Å². The van der Waals surface area contributed by atoms with Gasteiger partial charge in [-0.25, -0.2) is 0 Å². The van der Waals surface area contributed by atoms with Crippen molar-refractivity contribution in [3.8, 4) is 5.75 Å². The normalized spacial score (nSPS) is 10.4. The van der Waals surface area contributed by atoms with Crippen molar-refractivity contribution in [3.05, 3.63) is 29.8 Å². The molecule has 0 bridgehead atoms. The van der Waals surface area contributed by atoms with E-state index in [0.29, 0.717) is 12.1 Å². The molecule has 0 unspecified atom stereocenters. The number of ether oxygens (including phenoxy) is 1. The van der Waals surface area contributed by atoms with Gasteiger partial charge < -0.3 is 15.4 Å². The molecule has 1 rings (SSSR count). The summed E-state index contributed by atoms with van der Waals surface area (Å²) in [4.78, 5) is 11.7. The molecule has 0 fully saturated rings. The lowest BCUT2D eigenvalue weighted by molar-refractivity contribution is -0.0498. The van der Waals surface area contributed by atoms with Crippen LogP contribution >= 0.6 is 0 Å². The first-order valence-electron chi connectivity index (χ1n) is 5.61. The summed E-state index contributed by atoms with van der Waals surface area (Å²) in [7, 11) is 1.83. The van der Waals surface area contributed by atoms with Crippen molar-refractivity contribution in [2.45, 2.75) is 13.0 Å². The monoisotopic (exact) mass is 258 g/mol. The van der Waals surface area contributed by atoms with E-state index in [9.17, 15) is 13.6 Å². The highest BCUT2D eigenvalue weighted by atomic mass is 19.3. The van der Waals surface area contributed by atoms with E-state index in [1.807, 2.05) is 7.05 Å². The van der Waals surface area contributed by atoms with Crippen LogP contribution in [0.3, 0.4) is 0 Å². The highest BCUT2D eigenvalue weighted by Gasteiger charge is 2.08. The number of nitrogens with one attached hydrogen (secondary N) is 2. The number of carbonyl (C=O) groups excluding carboxylic acids is 1. The maximum absolute atomic E-state index is 12.0. The first kappa shape index (κ1) is 14.4. The van der Waals surface area contributed by atoms with Gasteiger partial charge in [0.25, 0.3) is 5.91 Å². The summed E-state index contributed by atoms with van der Waals surface area (Å²) in [6.07, 6.45) is 0.801. The van der Waals surface area contributed by atoms with Gasteiger partial charge in [0.05, 0.1) is 0 Å². The van der Waals surface area contributed by atoms with Crippen LogP contribution in [0.2, 0.25) is 0 Å². The van der Waals surface area contributed by atoms with Crippen LogP contribution in [0, 0.1) is 0 Å². The molecule has 0 saturated heterocycles. The zero-order valence-corrected chi connectivity index (χ0v) is 10.1. The Kier molecular flexibility index (Phi) is 6.07. The highest BCUT2D eigenvalue weighted by molar-refractivity contribution is 5.94. The van der Waals surface area contributed by atoms with Gasteiger partial charge in [0.2, 0.25) is 0 Å². The molecule has 0 heterocycles. The van der Waals surface area contributed by atoms with Crippen LogP contribution in [0.4, 0.5) is 8.78 Å². The van der Waals surface area contributed by atoms with Gasteiger partial charge in [0.15, 0.2) is 0 Å². The first-order chi connectivity index (χ1) is 8.63. The van der Waals surface area contributed by atoms with Crippen molar-refractivity contribution >= 4 is 5.91 Å². The zero-order chi connectivity index (χ0) is 13.4. The van der Waals surface area contributed by atoms with Gasteiger partial charge in [0.1, 0.15) is 5.75 Å². The third kappa shape index (κ3) is 5.09. The van der Waals surface area contributed by atoms with Crippen molar-refractivity contribution in [2.24, 2.45) is 0 Å². The van der Waals surface area contributed by atoms with Crippen molar-refractivity contribution in [2.75, 3.05) is 20.1 Å². The fraction of sp³-hybridized carbons (Fsp3) is 0.417. The Labute approximate surface area is 104 Å². The summed E-state index contributed by atoms with van der Waals surface area (Å²) in [5.41, 5.74) is 0.303. The lowest BCUT2D eigenvalue weighted by Crippen LogP contribution is -2.26. The molecule has 0 spiro atoms. The van der Waals surface area contributed by atoms with E-state index in [0.717, 1.165) is 13.0 Å². The van der Waals surface area contributed by atoms with Crippen LogP contribution in [0.5, 0.6) is 5.75 Å². The zero-order valence-electron chi connectivity index (χ0n) is 10.1. The molecule has 1 aromatic carbocycles. The fourth-order valence-electron chi connectivity index (χ4n) is 1.38. The molecular formula is C12H16F2N2O2. The van der Waals surface area contributed by atoms with E-state index in [1.165, 1.54) is 18.2 Å². The predicted molar refractivity (Wildman–Crippen MR) is 64.0 cm³/mol. The largest absolute Gasteiger partial charge is 0.435 e. The molecule has 6 heteroatoms. The van der Waals surface area contributed by atoms with E-state index in [4.69, 9.17) is 0 Å². The molecule has 2 N–H and O–H groups in total. The summed E-state index contributed by atoms with van der Waals surface area (Å²) in [5.74, 6) is -0.321. The maximum Gasteiger partial charge on any atom is 0.387 e. The average molecular weight is 258 g/mol. The lowest BCUT2D eigenvalue weighted by Gasteiger charge is -2.07. The molecule has 0 aliphatic rings. The molecule has 18 heavy (non-hydrogen) atoms. The van der Waals surface area contributed by atoms with E-state index < -0.39 is 6.61 Å². The van der Waals surface area contributed by atoms with E-state index in [2.05, 4.69) is 15.4 Å². The molecule has 100 valence electrons. The molecule has 0 aromatic heterocycles. The van der Waals surface area contributed by atoms with Crippen molar-refractivity contribution in [1.29, 1.82) is 0 Å². The minimum atomic E-state index is -2.89. The molecule has 0 aliphatic carbocycles. The van der Waals surface area contributed by atoms with E-state index in [1.54, 1.807) is 6.07 Å². The smallest absolute Gasteiger partial charge is 0.387 e. The van der Waals surface area contributed by atoms with Gasteiger partial charge in [-0.15, -0.1) is 0 Å². The minimum Gasteiger partial charge on any atom is -0.435 e. The summed E-state index contributed by atoms with van der Waals surface area (Å²) >= 11 is 0. The number of halogens is 2. The van der Waals surface area contributed by atoms with Gasteiger partial charge in [-0.2, -0.15) is 8.78 Å². The van der Waals surface area contributed by atoms with Gasteiger partial charge in [-0.1, -0.05) is 6.07 Å². The van der Waals surface area contributed by atoms with Gasteiger partial charge in [-0.3, -0.25) is 4.79 Å². The quantitative estimate of drug-likeness (QED) is 0.731. The SMILES string of the molecule is CNCCCNC(=O)c1cccc(OC(F)F)c1. The van der Waals surface area contributed by atoms with Crippen molar-refractivity contribution in [1.82, 2.24) is 10.6 Å². The first-order valence-corrected chi connectivity index (χ1v) is 5.61. The van der Waals surface area contributed by atoms with E-state index in [-0.39, 0.29) is 11.7 Å². The van der Waals surface area contributed by atoms with Crippen molar-refractivity contribution < 1.29 is 18.3 Å². The van der Waals surface area contributed by atoms with Crippen LogP contribution in [0.1, 0.15) is 16.8 Å². The standard InChI is InChI=1S/C12H16F2N2O2/c1-15-6-3-7-16-11(17)9-4-2-5-10(8-9)18-12(13)14/h2,4-5,8,12,15H,3,6-7H2,1H3,(H,16,17). The van der Waals surface area contributed by atoms with Gasteiger partial charge >= 0.3 is 6.61 Å². The van der Waals surface area contributed by atoms with Crippen LogP contribution in [0.15, 0.2) is 24.3 Å². The van der Waals surface area contributed by atoms with Crippen molar-refractivity contribution in [3.63, 3.8) is 0 Å². The molecule has 1 amide bonds. The molecule has 0 atom stereocenters.